The number of carbonyl (C=O) groups excluding carboxylic acids is 4. The van der Waals surface area contributed by atoms with E-state index in [1.807, 2.05) is 29.0 Å². The number of amides is 3. The molecule has 65 heavy (non-hydrogen) atoms. The van der Waals surface area contributed by atoms with Crippen molar-refractivity contribution in [2.24, 2.45) is 0 Å². The summed E-state index contributed by atoms with van der Waals surface area (Å²) in [5.41, 5.74) is 2.65. The van der Waals surface area contributed by atoms with Crippen LogP contribution in [0.3, 0.4) is 0 Å². The maximum atomic E-state index is 15.8. The third-order valence-corrected chi connectivity index (χ3v) is 14.1. The van der Waals surface area contributed by atoms with Crippen LogP contribution in [0.1, 0.15) is 69.2 Å². The van der Waals surface area contributed by atoms with Gasteiger partial charge >= 0.3 is 10.2 Å². The largest absolute Gasteiger partial charge is 0.496 e. The SMILES string of the molecule is COc1cc([C@H](O)CCN2CCN(c3ccc(-c4cnc5[nH]cc(C(=O)c6c(F)ccc(NS(=O)(=O)N7CC[C@@H](F)C7)c6F)c5c4)cc3)CC2)cc2c1C(=O)N(C1CCC(=O)NC1=O)C2. The number of aliphatic hydroxyl groups excluding tert-OH is 1. The first-order valence-corrected chi connectivity index (χ1v) is 22.7. The zero-order chi connectivity index (χ0) is 45.7. The highest BCUT2D eigenvalue weighted by Crippen LogP contribution is 2.37. The summed E-state index contributed by atoms with van der Waals surface area (Å²) < 4.78 is 78.6. The van der Waals surface area contributed by atoms with E-state index in [9.17, 15) is 37.1 Å². The first kappa shape index (κ1) is 43.9. The number of aliphatic hydroxyl groups is 1. The van der Waals surface area contributed by atoms with Gasteiger partial charge in [0, 0.05) is 93.4 Å². The highest BCUT2D eigenvalue weighted by molar-refractivity contribution is 7.90. The number of H-pyrrole nitrogens is 1. The lowest BCUT2D eigenvalue weighted by Gasteiger charge is -2.36. The number of piperidine rings is 1. The number of carbonyl (C=O) groups is 4. The summed E-state index contributed by atoms with van der Waals surface area (Å²) in [6.45, 7) is 3.24. The molecule has 0 spiro atoms. The molecule has 3 amide bonds. The molecule has 5 aromatic rings. The number of imide groups is 1. The second kappa shape index (κ2) is 17.6. The topological polar surface area (TPSA) is 198 Å². The Kier molecular flexibility index (Phi) is 11.9. The summed E-state index contributed by atoms with van der Waals surface area (Å²) in [5, 5.41) is 13.9. The van der Waals surface area contributed by atoms with Crippen LogP contribution in [0.5, 0.6) is 5.75 Å². The molecule has 340 valence electrons. The van der Waals surface area contributed by atoms with Gasteiger partial charge in [-0.3, -0.25) is 34.1 Å². The molecule has 4 aliphatic rings. The molecule has 0 radical (unpaired) electrons. The number of anilines is 2. The number of rotatable bonds is 13. The molecule has 3 fully saturated rings. The van der Waals surface area contributed by atoms with E-state index in [0.717, 1.165) is 53.9 Å². The number of halogens is 3. The number of pyridine rings is 1. The second-order valence-electron chi connectivity index (χ2n) is 16.6. The summed E-state index contributed by atoms with van der Waals surface area (Å²) in [6, 6.07) is 13.8. The number of hydrogen-bond acceptors (Lipinski definition) is 11. The second-order valence-corrected chi connectivity index (χ2v) is 18.3. The van der Waals surface area contributed by atoms with Crippen LogP contribution in [0.2, 0.25) is 0 Å². The fraction of sp³-hybridized carbons (Fsp3) is 0.356. The van der Waals surface area contributed by atoms with Crippen LogP contribution in [0.25, 0.3) is 22.2 Å². The molecule has 4 aliphatic heterocycles. The van der Waals surface area contributed by atoms with Crippen LogP contribution in [0.15, 0.2) is 67.0 Å². The van der Waals surface area contributed by atoms with Gasteiger partial charge in [0.25, 0.3) is 5.91 Å². The van der Waals surface area contributed by atoms with Gasteiger partial charge in [-0.05, 0) is 72.4 Å². The molecule has 3 saturated heterocycles. The summed E-state index contributed by atoms with van der Waals surface area (Å²) in [4.78, 5) is 64.6. The minimum Gasteiger partial charge on any atom is -0.496 e. The smallest absolute Gasteiger partial charge is 0.301 e. The van der Waals surface area contributed by atoms with Crippen molar-refractivity contribution < 1.29 is 50.6 Å². The number of hydrogen-bond donors (Lipinski definition) is 4. The lowest BCUT2D eigenvalue weighted by molar-refractivity contribution is -0.136. The number of nitrogens with zero attached hydrogens (tertiary/aromatic N) is 5. The number of aromatic nitrogens is 2. The van der Waals surface area contributed by atoms with Crippen LogP contribution in [-0.4, -0.2) is 126 Å². The number of nitrogens with one attached hydrogen (secondary N) is 3. The van der Waals surface area contributed by atoms with Gasteiger partial charge in [0.15, 0.2) is 5.82 Å². The summed E-state index contributed by atoms with van der Waals surface area (Å²) in [6.07, 6.45) is 1.54. The molecule has 0 saturated carbocycles. The normalized spacial score (nSPS) is 20.0. The first-order chi connectivity index (χ1) is 31.2. The Morgan fingerprint density at radius 2 is 1.77 bits per heavy atom. The van der Waals surface area contributed by atoms with E-state index in [-0.39, 0.29) is 49.7 Å². The molecule has 0 bridgehead atoms. The molecule has 20 heteroatoms. The number of piperazine rings is 1. The van der Waals surface area contributed by atoms with Crippen LogP contribution in [-0.2, 0) is 26.3 Å². The number of benzene rings is 3. The van der Waals surface area contributed by atoms with Crippen LogP contribution in [0, 0.1) is 11.6 Å². The number of ketones is 1. The Balaban J connectivity index is 0.818. The Morgan fingerprint density at radius 1 is 1.00 bits per heavy atom. The van der Waals surface area contributed by atoms with Crippen molar-refractivity contribution in [3.05, 3.63) is 106 Å². The predicted octanol–water partition coefficient (Wildman–Crippen LogP) is 4.45. The Labute approximate surface area is 371 Å². The van der Waals surface area contributed by atoms with Gasteiger partial charge in [0.2, 0.25) is 17.6 Å². The fourth-order valence-electron chi connectivity index (χ4n) is 9.05. The maximum Gasteiger partial charge on any atom is 0.301 e. The van der Waals surface area contributed by atoms with Gasteiger partial charge in [0.05, 0.1) is 30.0 Å². The summed E-state index contributed by atoms with van der Waals surface area (Å²) in [5.74, 6) is -4.50. The van der Waals surface area contributed by atoms with Gasteiger partial charge in [-0.15, -0.1) is 0 Å². The van der Waals surface area contributed by atoms with E-state index >= 15 is 8.78 Å². The van der Waals surface area contributed by atoms with E-state index < -0.39 is 69.6 Å². The van der Waals surface area contributed by atoms with Crippen molar-refractivity contribution in [1.29, 1.82) is 0 Å². The lowest BCUT2D eigenvalue weighted by atomic mass is 9.99. The molecule has 1 unspecified atom stereocenters. The average Bonchev–Trinajstić information content (AvgIpc) is 4.03. The average molecular weight is 915 g/mol. The van der Waals surface area contributed by atoms with Crippen LogP contribution < -0.4 is 19.7 Å². The van der Waals surface area contributed by atoms with Crippen molar-refractivity contribution in [2.45, 2.75) is 50.5 Å². The number of aromatic amines is 1. The van der Waals surface area contributed by atoms with Gasteiger partial charge in [-0.25, -0.2) is 18.2 Å². The van der Waals surface area contributed by atoms with E-state index in [4.69, 9.17) is 4.74 Å². The zero-order valence-electron chi connectivity index (χ0n) is 35.2. The monoisotopic (exact) mass is 914 g/mol. The zero-order valence-corrected chi connectivity index (χ0v) is 36.0. The van der Waals surface area contributed by atoms with Gasteiger partial charge in [0.1, 0.15) is 29.4 Å². The van der Waals surface area contributed by atoms with Crippen molar-refractivity contribution in [1.82, 2.24) is 29.4 Å². The van der Waals surface area contributed by atoms with E-state index in [1.165, 1.54) is 18.2 Å². The molecule has 3 atom stereocenters. The quantitative estimate of drug-likeness (QED) is 0.0962. The van der Waals surface area contributed by atoms with Crippen molar-refractivity contribution in [2.75, 3.05) is 62.5 Å². The first-order valence-electron chi connectivity index (χ1n) is 21.2. The minimum absolute atomic E-state index is 0.00822. The van der Waals surface area contributed by atoms with Crippen LogP contribution in [0.4, 0.5) is 24.5 Å². The van der Waals surface area contributed by atoms with Crippen molar-refractivity contribution in [3.63, 3.8) is 0 Å². The van der Waals surface area contributed by atoms with Gasteiger partial charge in [-0.2, -0.15) is 12.7 Å². The van der Waals surface area contributed by atoms with Crippen LogP contribution >= 0.6 is 0 Å². The molecule has 0 aliphatic carbocycles. The highest BCUT2D eigenvalue weighted by atomic mass is 32.2. The van der Waals surface area contributed by atoms with Crippen molar-refractivity contribution in [3.8, 4) is 16.9 Å². The number of methoxy groups -OCH3 is 1. The Morgan fingerprint density at radius 3 is 2.48 bits per heavy atom. The molecular weight excluding hydrogens is 870 g/mol. The molecule has 16 nitrogen and oxygen atoms in total. The Hall–Kier alpha value is -6.35. The number of fused-ring (bicyclic) bond motifs is 2. The standard InChI is InChI=1S/C45H45F3N8O8S/c1-64-37-20-26(18-28-23-56(45(61)39(28)37)35-8-9-38(58)51-44(35)60)36(57)11-12-53-14-16-54(17-15-53)30-4-2-25(3-5-30)27-19-31-32(22-50-43(31)49-21-27)42(59)40-33(47)6-7-34(41(40)48)52-65(62,63)55-13-10-29(46)24-55/h2-7,18-22,29,35-36,52,57H,8-17,23-24H2,1H3,(H,49,50)(H,51,58,60)/t29-,35?,36-/m1/s1. The highest BCUT2D eigenvalue weighted by Gasteiger charge is 2.41. The molecule has 6 heterocycles. The summed E-state index contributed by atoms with van der Waals surface area (Å²) >= 11 is 0. The lowest BCUT2D eigenvalue weighted by Crippen LogP contribution is -2.52. The Bertz CT molecular complexity index is 2840. The van der Waals surface area contributed by atoms with E-state index in [2.05, 4.69) is 25.1 Å². The fourth-order valence-corrected chi connectivity index (χ4v) is 10.3. The predicted molar refractivity (Wildman–Crippen MR) is 232 cm³/mol. The van der Waals surface area contributed by atoms with Gasteiger partial charge < -0.3 is 24.6 Å². The van der Waals surface area contributed by atoms with E-state index in [0.29, 0.717) is 52.0 Å². The van der Waals surface area contributed by atoms with Gasteiger partial charge in [-0.1, -0.05) is 18.2 Å². The maximum absolute atomic E-state index is 15.8. The van der Waals surface area contributed by atoms with Crippen molar-refractivity contribution >= 4 is 56.1 Å². The molecule has 9 rings (SSSR count). The molecule has 2 aromatic heterocycles. The summed E-state index contributed by atoms with van der Waals surface area (Å²) in [7, 11) is -2.91. The molecule has 4 N–H and O–H groups in total. The minimum atomic E-state index is -4.37. The van der Waals surface area contributed by atoms with E-state index in [1.54, 1.807) is 24.4 Å². The third-order valence-electron chi connectivity index (χ3n) is 12.6. The molecule has 3 aromatic carbocycles. The third kappa shape index (κ3) is 8.53. The molecular formula is C45H45F3N8O8S. The number of ether oxygens (including phenoxy) is 1. The number of alkyl halides is 1.